The van der Waals surface area contributed by atoms with Gasteiger partial charge in [-0.05, 0) is 31.4 Å². The van der Waals surface area contributed by atoms with Gasteiger partial charge in [0.25, 0.3) is 0 Å². The maximum Gasteiger partial charge on any atom is 0.146 e. The number of pyridine rings is 1. The molecule has 84 valence electrons. The van der Waals surface area contributed by atoms with Crippen LogP contribution in [-0.2, 0) is 0 Å². The molecule has 1 aliphatic rings. The molecule has 0 amide bonds. The van der Waals surface area contributed by atoms with Crippen molar-refractivity contribution in [3.8, 4) is 6.07 Å². The molecule has 2 heterocycles. The molecule has 0 bridgehead atoms. The Morgan fingerprint density at radius 1 is 1.56 bits per heavy atom. The fraction of sp³-hybridized carbons (Fsp3) is 0.538. The third-order valence-corrected chi connectivity index (χ3v) is 3.30. The number of aromatic nitrogens is 1. The number of rotatable bonds is 2. The Morgan fingerprint density at radius 3 is 3.00 bits per heavy atom. The third-order valence-electron chi connectivity index (χ3n) is 3.30. The lowest BCUT2D eigenvalue weighted by atomic mass is 10.1. The van der Waals surface area contributed by atoms with Gasteiger partial charge < -0.3 is 4.90 Å². The Kier molecular flexibility index (Phi) is 3.09. The molecule has 0 saturated carbocycles. The fourth-order valence-electron chi connectivity index (χ4n) is 2.23. The first-order valence-electron chi connectivity index (χ1n) is 5.87. The number of anilines is 1. The first-order chi connectivity index (χ1) is 7.74. The highest BCUT2D eigenvalue weighted by Gasteiger charge is 2.23. The zero-order chi connectivity index (χ0) is 11.5. The predicted octanol–water partition coefficient (Wildman–Crippen LogP) is 2.50. The van der Waals surface area contributed by atoms with Crippen molar-refractivity contribution < 1.29 is 0 Å². The third kappa shape index (κ3) is 2.01. The standard InChI is InChI=1S/C13H17N3/c1-3-11-6-7-16(9-11)13-12(8-14)5-4-10(2)15-13/h4-5,11H,3,6-7,9H2,1-2H3. The minimum absolute atomic E-state index is 0.697. The van der Waals surface area contributed by atoms with Crippen molar-refractivity contribution in [1.29, 1.82) is 5.26 Å². The van der Waals surface area contributed by atoms with Crippen molar-refractivity contribution in [3.05, 3.63) is 23.4 Å². The maximum atomic E-state index is 9.08. The predicted molar refractivity (Wildman–Crippen MR) is 64.3 cm³/mol. The molecule has 0 N–H and O–H groups in total. The summed E-state index contributed by atoms with van der Waals surface area (Å²) in [4.78, 5) is 6.75. The number of hydrogen-bond donors (Lipinski definition) is 0. The Hall–Kier alpha value is -1.56. The van der Waals surface area contributed by atoms with Gasteiger partial charge in [-0.2, -0.15) is 5.26 Å². The van der Waals surface area contributed by atoms with E-state index in [0.717, 1.165) is 30.5 Å². The number of hydrogen-bond acceptors (Lipinski definition) is 3. The van der Waals surface area contributed by atoms with Crippen molar-refractivity contribution in [2.45, 2.75) is 26.7 Å². The van der Waals surface area contributed by atoms with Crippen LogP contribution in [0.15, 0.2) is 12.1 Å². The van der Waals surface area contributed by atoms with E-state index >= 15 is 0 Å². The molecule has 0 aromatic carbocycles. The Morgan fingerprint density at radius 2 is 2.38 bits per heavy atom. The summed E-state index contributed by atoms with van der Waals surface area (Å²) < 4.78 is 0. The largest absolute Gasteiger partial charge is 0.355 e. The number of aryl methyl sites for hydroxylation is 1. The average Bonchev–Trinajstić information content (AvgIpc) is 2.77. The molecule has 1 saturated heterocycles. The highest BCUT2D eigenvalue weighted by Crippen LogP contribution is 2.26. The van der Waals surface area contributed by atoms with E-state index in [9.17, 15) is 0 Å². The van der Waals surface area contributed by atoms with Gasteiger partial charge in [0.1, 0.15) is 11.9 Å². The van der Waals surface area contributed by atoms with Gasteiger partial charge in [-0.3, -0.25) is 0 Å². The van der Waals surface area contributed by atoms with E-state index in [-0.39, 0.29) is 0 Å². The molecule has 1 fully saturated rings. The van der Waals surface area contributed by atoms with Crippen LogP contribution in [-0.4, -0.2) is 18.1 Å². The summed E-state index contributed by atoms with van der Waals surface area (Å²) in [5, 5.41) is 9.08. The molecule has 0 aliphatic carbocycles. The second kappa shape index (κ2) is 4.52. The van der Waals surface area contributed by atoms with E-state index in [1.807, 2.05) is 19.1 Å². The molecular weight excluding hydrogens is 198 g/mol. The highest BCUT2D eigenvalue weighted by atomic mass is 15.2. The van der Waals surface area contributed by atoms with Crippen LogP contribution in [0, 0.1) is 24.2 Å². The van der Waals surface area contributed by atoms with Crippen LogP contribution in [0.3, 0.4) is 0 Å². The molecule has 0 spiro atoms. The van der Waals surface area contributed by atoms with Crippen LogP contribution in [0.1, 0.15) is 31.0 Å². The summed E-state index contributed by atoms with van der Waals surface area (Å²) in [5.74, 6) is 1.63. The Labute approximate surface area is 96.7 Å². The Balaban J connectivity index is 2.27. The van der Waals surface area contributed by atoms with Crippen molar-refractivity contribution >= 4 is 5.82 Å². The molecule has 2 rings (SSSR count). The van der Waals surface area contributed by atoms with Gasteiger partial charge >= 0.3 is 0 Å². The van der Waals surface area contributed by atoms with E-state index < -0.39 is 0 Å². The van der Waals surface area contributed by atoms with Crippen LogP contribution in [0.25, 0.3) is 0 Å². The molecule has 1 unspecified atom stereocenters. The summed E-state index contributed by atoms with van der Waals surface area (Å²) in [6.45, 7) is 6.27. The van der Waals surface area contributed by atoms with Crippen LogP contribution in [0.5, 0.6) is 0 Å². The minimum Gasteiger partial charge on any atom is -0.355 e. The monoisotopic (exact) mass is 215 g/mol. The van der Waals surface area contributed by atoms with Crippen LogP contribution < -0.4 is 4.90 Å². The molecule has 1 aromatic rings. The first-order valence-corrected chi connectivity index (χ1v) is 5.87. The second-order valence-electron chi connectivity index (χ2n) is 4.44. The number of nitriles is 1. The van der Waals surface area contributed by atoms with Gasteiger partial charge in [-0.15, -0.1) is 0 Å². The molecule has 16 heavy (non-hydrogen) atoms. The average molecular weight is 215 g/mol. The summed E-state index contributed by atoms with van der Waals surface area (Å²) in [6, 6.07) is 6.00. The molecular formula is C13H17N3. The molecule has 3 nitrogen and oxygen atoms in total. The lowest BCUT2D eigenvalue weighted by molar-refractivity contribution is 0.568. The van der Waals surface area contributed by atoms with Crippen molar-refractivity contribution in [2.75, 3.05) is 18.0 Å². The van der Waals surface area contributed by atoms with E-state index in [0.29, 0.717) is 5.56 Å². The van der Waals surface area contributed by atoms with Gasteiger partial charge in [0.2, 0.25) is 0 Å². The van der Waals surface area contributed by atoms with Gasteiger partial charge in [-0.25, -0.2) is 4.98 Å². The molecule has 1 aromatic heterocycles. The maximum absolute atomic E-state index is 9.08. The molecule has 1 atom stereocenters. The zero-order valence-corrected chi connectivity index (χ0v) is 9.90. The van der Waals surface area contributed by atoms with Gasteiger partial charge in [0, 0.05) is 18.8 Å². The summed E-state index contributed by atoms with van der Waals surface area (Å²) in [7, 11) is 0. The van der Waals surface area contributed by atoms with Crippen LogP contribution in [0.2, 0.25) is 0 Å². The van der Waals surface area contributed by atoms with Gasteiger partial charge in [0.15, 0.2) is 0 Å². The quantitative estimate of drug-likeness (QED) is 0.761. The van der Waals surface area contributed by atoms with Crippen molar-refractivity contribution in [2.24, 2.45) is 5.92 Å². The lowest BCUT2D eigenvalue weighted by Gasteiger charge is -2.18. The van der Waals surface area contributed by atoms with Crippen molar-refractivity contribution in [1.82, 2.24) is 4.98 Å². The van der Waals surface area contributed by atoms with E-state index in [1.165, 1.54) is 12.8 Å². The zero-order valence-electron chi connectivity index (χ0n) is 9.90. The topological polar surface area (TPSA) is 39.9 Å². The van der Waals surface area contributed by atoms with E-state index in [4.69, 9.17) is 5.26 Å². The molecule has 0 radical (unpaired) electrons. The highest BCUT2D eigenvalue weighted by molar-refractivity contribution is 5.54. The summed E-state index contributed by atoms with van der Waals surface area (Å²) >= 11 is 0. The molecule has 1 aliphatic heterocycles. The van der Waals surface area contributed by atoms with E-state index in [1.54, 1.807) is 0 Å². The SMILES string of the molecule is CCC1CCN(c2nc(C)ccc2C#N)C1. The smallest absolute Gasteiger partial charge is 0.146 e. The second-order valence-corrected chi connectivity index (χ2v) is 4.44. The fourth-order valence-corrected chi connectivity index (χ4v) is 2.23. The summed E-state index contributed by atoms with van der Waals surface area (Å²) in [6.07, 6.45) is 2.43. The minimum atomic E-state index is 0.697. The van der Waals surface area contributed by atoms with Crippen molar-refractivity contribution in [3.63, 3.8) is 0 Å². The van der Waals surface area contributed by atoms with Gasteiger partial charge in [-0.1, -0.05) is 13.3 Å². The summed E-state index contributed by atoms with van der Waals surface area (Å²) in [5.41, 5.74) is 1.68. The van der Waals surface area contributed by atoms with E-state index in [2.05, 4.69) is 22.9 Å². The van der Waals surface area contributed by atoms with Gasteiger partial charge in [0.05, 0.1) is 5.56 Å². The number of nitrogens with zero attached hydrogens (tertiary/aromatic N) is 3. The normalized spacial score (nSPS) is 19.8. The Bertz CT molecular complexity index is 420. The van der Waals surface area contributed by atoms with Crippen LogP contribution >= 0.6 is 0 Å². The first kappa shape index (κ1) is 10.9. The lowest BCUT2D eigenvalue weighted by Crippen LogP contribution is -2.22. The van der Waals surface area contributed by atoms with Crippen LogP contribution in [0.4, 0.5) is 5.82 Å². The molecule has 3 heteroatoms.